The second-order valence-corrected chi connectivity index (χ2v) is 3.81. The lowest BCUT2D eigenvalue weighted by Gasteiger charge is -2.16. The van der Waals surface area contributed by atoms with Crippen LogP contribution in [0.5, 0.6) is 0 Å². The molecule has 0 saturated carbocycles. The Morgan fingerprint density at radius 3 is 3.00 bits per heavy atom. The van der Waals surface area contributed by atoms with Crippen molar-refractivity contribution in [1.82, 2.24) is 0 Å². The summed E-state index contributed by atoms with van der Waals surface area (Å²) >= 11 is 0. The minimum Gasteiger partial charge on any atom is -0.508 e. The zero-order valence-electron chi connectivity index (χ0n) is 8.50. The number of aliphatic carboxylic acids is 1. The van der Waals surface area contributed by atoms with Crippen molar-refractivity contribution in [3.05, 3.63) is 35.8 Å². The molecule has 1 aliphatic carbocycles. The number of aliphatic imine (C=N–C) groups is 1. The minimum atomic E-state index is -1.03. The number of allylic oxidation sites excluding steroid dienone is 3. The van der Waals surface area contributed by atoms with Crippen LogP contribution in [0, 0.1) is 5.92 Å². The van der Waals surface area contributed by atoms with E-state index in [2.05, 4.69) is 4.99 Å². The Kier molecular flexibility index (Phi) is 2.62. The molecule has 0 aromatic heterocycles. The molecule has 84 valence electrons. The van der Waals surface area contributed by atoms with Gasteiger partial charge < -0.3 is 15.9 Å². The lowest BCUT2D eigenvalue weighted by Crippen LogP contribution is -2.31. The second kappa shape index (κ2) is 3.94. The molecule has 5 heteroatoms. The smallest absolute Gasteiger partial charge is 0.320 e. The van der Waals surface area contributed by atoms with Gasteiger partial charge >= 0.3 is 5.97 Å². The Hall–Kier alpha value is -1.88. The Labute approximate surface area is 92.3 Å². The maximum atomic E-state index is 10.6. The highest BCUT2D eigenvalue weighted by Gasteiger charge is 2.27. The largest absolute Gasteiger partial charge is 0.508 e. The van der Waals surface area contributed by atoms with Gasteiger partial charge in [-0.05, 0) is 30.2 Å². The molecule has 0 radical (unpaired) electrons. The number of hydrogen-bond acceptors (Lipinski definition) is 4. The minimum absolute atomic E-state index is 0.129. The maximum absolute atomic E-state index is 10.6. The van der Waals surface area contributed by atoms with Crippen molar-refractivity contribution < 1.29 is 15.0 Å². The number of carbonyl (C=O) groups is 1. The molecular weight excluding hydrogens is 208 g/mol. The first-order chi connectivity index (χ1) is 7.58. The van der Waals surface area contributed by atoms with E-state index in [9.17, 15) is 9.90 Å². The van der Waals surface area contributed by atoms with Crippen molar-refractivity contribution in [1.29, 1.82) is 0 Å². The summed E-state index contributed by atoms with van der Waals surface area (Å²) in [5.41, 5.74) is 7.09. The molecule has 0 spiro atoms. The molecule has 1 unspecified atom stereocenters. The van der Waals surface area contributed by atoms with Crippen LogP contribution < -0.4 is 5.73 Å². The third-order valence-electron chi connectivity index (χ3n) is 2.63. The average Bonchev–Trinajstić information content (AvgIpc) is 2.61. The van der Waals surface area contributed by atoms with Gasteiger partial charge in [0.15, 0.2) is 0 Å². The zero-order chi connectivity index (χ0) is 11.7. The quantitative estimate of drug-likeness (QED) is 0.654. The maximum Gasteiger partial charge on any atom is 0.320 e. The van der Waals surface area contributed by atoms with E-state index in [0.717, 1.165) is 11.3 Å². The predicted octanol–water partition coefficient (Wildman–Crippen LogP) is 0.755. The van der Waals surface area contributed by atoms with E-state index >= 15 is 0 Å². The summed E-state index contributed by atoms with van der Waals surface area (Å²) < 4.78 is 0. The number of hydrogen-bond donors (Lipinski definition) is 3. The summed E-state index contributed by atoms with van der Waals surface area (Å²) in [6, 6.07) is -0.928. The molecule has 0 aromatic rings. The zero-order valence-corrected chi connectivity index (χ0v) is 8.50. The SMILES string of the molecule is N[C@@H](CC1=CN=C2C=CC(O)=CC12)C(=O)O. The van der Waals surface area contributed by atoms with Crippen molar-refractivity contribution in [2.24, 2.45) is 16.6 Å². The van der Waals surface area contributed by atoms with Crippen molar-refractivity contribution in [2.45, 2.75) is 12.5 Å². The number of nitrogens with zero attached hydrogens (tertiary/aromatic N) is 1. The highest BCUT2D eigenvalue weighted by molar-refractivity contribution is 6.03. The Bertz CT molecular complexity index is 446. The van der Waals surface area contributed by atoms with Crippen LogP contribution in [0.1, 0.15) is 6.42 Å². The van der Waals surface area contributed by atoms with E-state index in [1.54, 1.807) is 24.4 Å². The summed E-state index contributed by atoms with van der Waals surface area (Å²) in [4.78, 5) is 14.8. The topological polar surface area (TPSA) is 95.9 Å². The standard InChI is InChI=1S/C11H12N2O3/c12-9(11(15)16)3-6-5-13-10-2-1-7(14)4-8(6)10/h1-2,4-5,8-9,14H,3,12H2,(H,15,16)/t8?,9-/m0/s1. The Morgan fingerprint density at radius 2 is 2.31 bits per heavy atom. The lowest BCUT2D eigenvalue weighted by atomic mass is 9.89. The van der Waals surface area contributed by atoms with Gasteiger partial charge in [-0.3, -0.25) is 9.79 Å². The molecule has 16 heavy (non-hydrogen) atoms. The summed E-state index contributed by atoms with van der Waals surface area (Å²) in [5.74, 6) is -0.995. The molecule has 2 rings (SSSR count). The molecule has 0 saturated heterocycles. The summed E-state index contributed by atoms with van der Waals surface area (Å²) in [7, 11) is 0. The summed E-state index contributed by atoms with van der Waals surface area (Å²) in [6.45, 7) is 0. The highest BCUT2D eigenvalue weighted by Crippen LogP contribution is 2.29. The molecule has 0 amide bonds. The molecule has 2 atom stereocenters. The first kappa shape index (κ1) is 10.6. The van der Waals surface area contributed by atoms with Crippen LogP contribution in [0.25, 0.3) is 0 Å². The molecule has 5 nitrogen and oxygen atoms in total. The average molecular weight is 220 g/mol. The number of aliphatic hydroxyl groups excluding tert-OH is 1. The molecule has 2 aliphatic rings. The van der Waals surface area contributed by atoms with Gasteiger partial charge in [-0.25, -0.2) is 0 Å². The fourth-order valence-electron chi connectivity index (χ4n) is 1.77. The number of carboxylic acid groups (broad SMARTS) is 1. The number of nitrogens with two attached hydrogens (primary N) is 1. The Morgan fingerprint density at radius 1 is 1.56 bits per heavy atom. The van der Waals surface area contributed by atoms with Gasteiger partial charge in [0.2, 0.25) is 0 Å². The van der Waals surface area contributed by atoms with Gasteiger partial charge in [0.1, 0.15) is 11.8 Å². The van der Waals surface area contributed by atoms with Crippen LogP contribution in [0.4, 0.5) is 0 Å². The lowest BCUT2D eigenvalue weighted by molar-refractivity contribution is -0.138. The van der Waals surface area contributed by atoms with E-state index in [1.165, 1.54) is 0 Å². The van der Waals surface area contributed by atoms with Crippen LogP contribution in [0.3, 0.4) is 0 Å². The van der Waals surface area contributed by atoms with Gasteiger partial charge in [0, 0.05) is 12.1 Å². The third kappa shape index (κ3) is 1.90. The van der Waals surface area contributed by atoms with Gasteiger partial charge in [0.05, 0.1) is 5.71 Å². The summed E-state index contributed by atoms with van der Waals surface area (Å²) in [6.07, 6.45) is 6.79. The summed E-state index contributed by atoms with van der Waals surface area (Å²) in [5, 5.41) is 18.1. The molecule has 1 aliphatic heterocycles. The van der Waals surface area contributed by atoms with Crippen molar-refractivity contribution in [3.63, 3.8) is 0 Å². The van der Waals surface area contributed by atoms with E-state index in [-0.39, 0.29) is 18.1 Å². The Balaban J connectivity index is 2.11. The van der Waals surface area contributed by atoms with Gasteiger partial charge in [-0.1, -0.05) is 0 Å². The number of rotatable bonds is 3. The van der Waals surface area contributed by atoms with Gasteiger partial charge in [-0.15, -0.1) is 0 Å². The van der Waals surface area contributed by atoms with Crippen LogP contribution in [-0.4, -0.2) is 27.9 Å². The fraction of sp³-hybridized carbons (Fsp3) is 0.273. The molecule has 0 aromatic carbocycles. The van der Waals surface area contributed by atoms with Crippen molar-refractivity contribution >= 4 is 11.7 Å². The van der Waals surface area contributed by atoms with E-state index in [4.69, 9.17) is 10.8 Å². The van der Waals surface area contributed by atoms with Crippen LogP contribution in [-0.2, 0) is 4.79 Å². The van der Waals surface area contributed by atoms with Crippen LogP contribution >= 0.6 is 0 Å². The molecule has 1 heterocycles. The van der Waals surface area contributed by atoms with E-state index in [1.807, 2.05) is 0 Å². The first-order valence-corrected chi connectivity index (χ1v) is 4.92. The molecule has 0 bridgehead atoms. The van der Waals surface area contributed by atoms with Gasteiger partial charge in [0.25, 0.3) is 0 Å². The monoisotopic (exact) mass is 220 g/mol. The van der Waals surface area contributed by atoms with E-state index in [0.29, 0.717) is 0 Å². The fourth-order valence-corrected chi connectivity index (χ4v) is 1.77. The third-order valence-corrected chi connectivity index (χ3v) is 2.63. The first-order valence-electron chi connectivity index (χ1n) is 4.92. The van der Waals surface area contributed by atoms with Gasteiger partial charge in [-0.2, -0.15) is 0 Å². The number of aliphatic hydroxyl groups is 1. The van der Waals surface area contributed by atoms with Crippen LogP contribution in [0.2, 0.25) is 0 Å². The normalized spacial score (nSPS) is 24.3. The second-order valence-electron chi connectivity index (χ2n) is 3.81. The molecular formula is C11H12N2O3. The number of carboxylic acids is 1. The number of fused-ring (bicyclic) bond motifs is 1. The van der Waals surface area contributed by atoms with Crippen LogP contribution in [0.15, 0.2) is 40.8 Å². The predicted molar refractivity (Wildman–Crippen MR) is 59.1 cm³/mol. The molecule has 0 fully saturated rings. The molecule has 4 N–H and O–H groups in total. The van der Waals surface area contributed by atoms with Crippen molar-refractivity contribution in [2.75, 3.05) is 0 Å². The van der Waals surface area contributed by atoms with Crippen molar-refractivity contribution in [3.8, 4) is 0 Å². The highest BCUT2D eigenvalue weighted by atomic mass is 16.4. The van der Waals surface area contributed by atoms with E-state index < -0.39 is 12.0 Å².